The van der Waals surface area contributed by atoms with Crippen LogP contribution in [0.4, 0.5) is 4.79 Å². The highest BCUT2D eigenvalue weighted by Crippen LogP contribution is 2.15. The number of ether oxygens (including phenoxy) is 1. The molecule has 30 heavy (non-hydrogen) atoms. The molecule has 6 nitrogen and oxygen atoms in total. The molecule has 0 spiro atoms. The van der Waals surface area contributed by atoms with Crippen molar-refractivity contribution in [2.75, 3.05) is 6.61 Å². The summed E-state index contributed by atoms with van der Waals surface area (Å²) in [6, 6.07) is 5.41. The second-order valence-corrected chi connectivity index (χ2v) is 7.78. The van der Waals surface area contributed by atoms with Gasteiger partial charge in [0.15, 0.2) is 0 Å². The Bertz CT molecular complexity index is 593. The van der Waals surface area contributed by atoms with Gasteiger partial charge in [-0.15, -0.1) is 0 Å². The van der Waals surface area contributed by atoms with E-state index >= 15 is 0 Å². The Morgan fingerprint density at radius 1 is 0.733 bits per heavy atom. The van der Waals surface area contributed by atoms with E-state index in [2.05, 4.69) is 21.7 Å². The molecule has 0 aliphatic carbocycles. The third-order valence-corrected chi connectivity index (χ3v) is 5.11. The topological polar surface area (TPSA) is 71.1 Å². The summed E-state index contributed by atoms with van der Waals surface area (Å²) in [5.74, 6) is -0.723. The molecule has 0 fully saturated rings. The largest absolute Gasteiger partial charge is 0.543 e. The summed E-state index contributed by atoms with van der Waals surface area (Å²) in [6.45, 7) is 6.07. The van der Waals surface area contributed by atoms with Gasteiger partial charge in [0.1, 0.15) is 0 Å². The van der Waals surface area contributed by atoms with Crippen LogP contribution in [-0.4, -0.2) is 18.7 Å². The molecule has 1 aromatic rings. The molecule has 1 rings (SSSR count). The van der Waals surface area contributed by atoms with Crippen LogP contribution in [0.2, 0.25) is 0 Å². The van der Waals surface area contributed by atoms with Crippen LogP contribution in [0.3, 0.4) is 0 Å². The van der Waals surface area contributed by atoms with Crippen LogP contribution in [0.25, 0.3) is 0 Å². The number of carbonyl (C=O) groups is 2. The van der Waals surface area contributed by atoms with Crippen molar-refractivity contribution in [3.63, 3.8) is 0 Å². The minimum atomic E-state index is -1.02. The summed E-state index contributed by atoms with van der Waals surface area (Å²) in [7, 11) is 0. The molecule has 6 heteroatoms. The van der Waals surface area contributed by atoms with Gasteiger partial charge >= 0.3 is 12.1 Å². The van der Waals surface area contributed by atoms with Crippen molar-refractivity contribution in [1.29, 1.82) is 0 Å². The highest BCUT2D eigenvalue weighted by molar-refractivity contribution is 5.92. The number of hydrogen-bond acceptors (Lipinski definition) is 6. The summed E-state index contributed by atoms with van der Waals surface area (Å²) >= 11 is 0. The molecule has 0 aliphatic heterocycles. The van der Waals surface area contributed by atoms with Crippen molar-refractivity contribution in [2.24, 2.45) is 0 Å². The molecule has 0 unspecified atom stereocenters. The number of hydrogen-bond donors (Lipinski definition) is 0. The lowest BCUT2D eigenvalue weighted by molar-refractivity contribution is -0.452. The van der Waals surface area contributed by atoms with Crippen molar-refractivity contribution < 1.29 is 29.1 Å². The maximum Gasteiger partial charge on any atom is 0.543 e. The fourth-order valence-corrected chi connectivity index (χ4v) is 3.38. The molecule has 1 aromatic carbocycles. The Hall–Kier alpha value is -2.08. The van der Waals surface area contributed by atoms with Crippen molar-refractivity contribution in [2.45, 2.75) is 97.8 Å². The average molecular weight is 423 g/mol. The number of carbonyl (C=O) groups excluding carboxylic acids is 2. The molecular weight excluding hydrogens is 384 g/mol. The molecule has 0 aromatic heterocycles. The summed E-state index contributed by atoms with van der Waals surface area (Å²) in [6.07, 6.45) is 13.8. The molecule has 0 aliphatic rings. The molecule has 0 bridgehead atoms. The number of rotatable bonds is 16. The van der Waals surface area contributed by atoms with Crippen molar-refractivity contribution >= 4 is 12.1 Å². The maximum atomic E-state index is 12.0. The van der Waals surface area contributed by atoms with Crippen LogP contribution in [0.5, 0.6) is 0 Å². The van der Waals surface area contributed by atoms with E-state index in [1.54, 1.807) is 26.0 Å². The standard InChI is InChI=1S/C24H38O6/c1-4-5-6-7-8-9-10-11-12-13-14-15-19-27-24(26)29-30-28-23(25)22-20(2)17-16-18-21(22)3/h16-18H,4-15,19H2,1-3H3. The second-order valence-electron chi connectivity index (χ2n) is 7.78. The predicted octanol–water partition coefficient (Wildman–Crippen LogP) is 7.16. The third kappa shape index (κ3) is 11.8. The lowest BCUT2D eigenvalue weighted by Crippen LogP contribution is -2.14. The monoisotopic (exact) mass is 422 g/mol. The molecule has 0 radical (unpaired) electrons. The van der Waals surface area contributed by atoms with E-state index in [4.69, 9.17) is 4.74 Å². The van der Waals surface area contributed by atoms with E-state index < -0.39 is 12.1 Å². The Kier molecular flexibility index (Phi) is 14.4. The quantitative estimate of drug-likeness (QED) is 0.122. The third-order valence-electron chi connectivity index (χ3n) is 5.11. The lowest BCUT2D eigenvalue weighted by atomic mass is 10.0. The summed E-state index contributed by atoms with van der Waals surface area (Å²) in [4.78, 5) is 32.2. The fraction of sp³-hybridized carbons (Fsp3) is 0.667. The summed E-state index contributed by atoms with van der Waals surface area (Å²) in [5.41, 5.74) is 1.88. The smallest absolute Gasteiger partial charge is 0.432 e. The SMILES string of the molecule is CCCCCCCCCCCCCCOC(=O)OOOC(=O)c1c(C)cccc1C. The van der Waals surface area contributed by atoms with E-state index in [0.717, 1.165) is 30.4 Å². The van der Waals surface area contributed by atoms with Crippen molar-refractivity contribution in [1.82, 2.24) is 0 Å². The minimum absolute atomic E-state index is 0.254. The van der Waals surface area contributed by atoms with Gasteiger partial charge in [-0.2, -0.15) is 0 Å². The van der Waals surface area contributed by atoms with E-state index in [-0.39, 0.29) is 6.61 Å². The van der Waals surface area contributed by atoms with E-state index in [1.165, 1.54) is 57.8 Å². The first-order valence-corrected chi connectivity index (χ1v) is 11.3. The van der Waals surface area contributed by atoms with Gasteiger partial charge in [-0.3, -0.25) is 4.89 Å². The first-order chi connectivity index (χ1) is 14.6. The van der Waals surface area contributed by atoms with Gasteiger partial charge < -0.3 is 4.74 Å². The second kappa shape index (κ2) is 16.7. The number of unbranched alkanes of at least 4 members (excludes halogenated alkanes) is 11. The minimum Gasteiger partial charge on any atom is -0.432 e. The Balaban J connectivity index is 1.95. The van der Waals surface area contributed by atoms with Crippen LogP contribution >= 0.6 is 0 Å². The van der Waals surface area contributed by atoms with Gasteiger partial charge in [0, 0.05) is 0 Å². The Labute approximate surface area is 181 Å². The molecule has 0 N–H and O–H groups in total. The zero-order chi connectivity index (χ0) is 22.0. The zero-order valence-electron chi connectivity index (χ0n) is 18.9. The highest BCUT2D eigenvalue weighted by Gasteiger charge is 2.16. The molecule has 0 saturated heterocycles. The normalized spacial score (nSPS) is 10.6. The summed E-state index contributed by atoms with van der Waals surface area (Å²) in [5, 5.41) is 4.26. The Morgan fingerprint density at radius 3 is 1.77 bits per heavy atom. The van der Waals surface area contributed by atoms with Crippen LogP contribution in [0, 0.1) is 13.8 Å². The van der Waals surface area contributed by atoms with Gasteiger partial charge in [0.2, 0.25) is 0 Å². The molecule has 0 saturated carbocycles. The van der Waals surface area contributed by atoms with Crippen molar-refractivity contribution in [3.05, 3.63) is 34.9 Å². The molecular formula is C24H38O6. The van der Waals surface area contributed by atoms with Gasteiger partial charge in [-0.1, -0.05) is 95.8 Å². The van der Waals surface area contributed by atoms with E-state index in [1.807, 2.05) is 6.07 Å². The predicted molar refractivity (Wildman–Crippen MR) is 116 cm³/mol. The lowest BCUT2D eigenvalue weighted by Gasteiger charge is -2.07. The van der Waals surface area contributed by atoms with Gasteiger partial charge in [-0.25, -0.2) is 14.5 Å². The first-order valence-electron chi connectivity index (χ1n) is 11.3. The first kappa shape index (κ1) is 26.0. The van der Waals surface area contributed by atoms with Crippen LogP contribution in [0.1, 0.15) is 105 Å². The van der Waals surface area contributed by atoms with Crippen LogP contribution in [0.15, 0.2) is 18.2 Å². The van der Waals surface area contributed by atoms with Crippen LogP contribution in [-0.2, 0) is 19.6 Å². The van der Waals surface area contributed by atoms with E-state index in [9.17, 15) is 9.59 Å². The van der Waals surface area contributed by atoms with Crippen LogP contribution < -0.4 is 0 Å². The summed E-state index contributed by atoms with van der Waals surface area (Å²) < 4.78 is 4.89. The maximum absolute atomic E-state index is 12.0. The van der Waals surface area contributed by atoms with Gasteiger partial charge in [-0.05, 0) is 31.4 Å². The molecule has 0 heterocycles. The number of benzene rings is 1. The average Bonchev–Trinajstić information content (AvgIpc) is 2.71. The molecule has 0 amide bonds. The Morgan fingerprint density at radius 2 is 1.23 bits per heavy atom. The molecule has 170 valence electrons. The zero-order valence-corrected chi connectivity index (χ0v) is 18.9. The highest BCUT2D eigenvalue weighted by atomic mass is 17.5. The fourth-order valence-electron chi connectivity index (χ4n) is 3.38. The van der Waals surface area contributed by atoms with E-state index in [0.29, 0.717) is 5.56 Å². The number of aryl methyl sites for hydroxylation is 2. The molecule has 0 atom stereocenters. The van der Waals surface area contributed by atoms with Gasteiger partial charge in [0.05, 0.1) is 17.2 Å². The van der Waals surface area contributed by atoms with Gasteiger partial charge in [0.25, 0.3) is 0 Å². The van der Waals surface area contributed by atoms with Crippen molar-refractivity contribution in [3.8, 4) is 0 Å².